The first-order valence-electron chi connectivity index (χ1n) is 5.39. The van der Waals surface area contributed by atoms with E-state index in [9.17, 15) is 0 Å². The summed E-state index contributed by atoms with van der Waals surface area (Å²) >= 11 is 0. The molecule has 0 aliphatic heterocycles. The normalized spacial score (nSPS) is 10.7. The van der Waals surface area contributed by atoms with Crippen LogP contribution in [0.1, 0.15) is 0 Å². The molecule has 0 aliphatic carbocycles. The van der Waals surface area contributed by atoms with E-state index in [1.54, 1.807) is 29.2 Å². The molecule has 0 radical (unpaired) electrons. The van der Waals surface area contributed by atoms with E-state index in [1.807, 2.05) is 13.1 Å². The molecule has 0 saturated heterocycles. The minimum Gasteiger partial charge on any atom is -0.435 e. The number of hydrogen-bond donors (Lipinski definition) is 1. The van der Waals surface area contributed by atoms with Gasteiger partial charge in [0.25, 0.3) is 0 Å². The summed E-state index contributed by atoms with van der Waals surface area (Å²) in [7, 11) is 1.83. The zero-order valence-corrected chi connectivity index (χ0v) is 9.74. The van der Waals surface area contributed by atoms with Crippen LogP contribution in [0.3, 0.4) is 0 Å². The highest BCUT2D eigenvalue weighted by molar-refractivity contribution is 5.85. The van der Waals surface area contributed by atoms with Crippen LogP contribution in [0.25, 0.3) is 10.9 Å². The third kappa shape index (κ3) is 1.84. The Kier molecular flexibility index (Phi) is 2.33. The van der Waals surface area contributed by atoms with E-state index in [4.69, 9.17) is 10.5 Å². The van der Waals surface area contributed by atoms with Crippen molar-refractivity contribution in [3.05, 3.63) is 36.9 Å². The number of nitrogen functional groups attached to an aromatic ring is 1. The van der Waals surface area contributed by atoms with Gasteiger partial charge in [-0.2, -0.15) is 5.10 Å². The van der Waals surface area contributed by atoms with Gasteiger partial charge in [-0.05, 0) is 18.2 Å². The first-order valence-corrected chi connectivity index (χ1v) is 5.39. The van der Waals surface area contributed by atoms with Crippen LogP contribution in [0, 0.1) is 0 Å². The van der Waals surface area contributed by atoms with Gasteiger partial charge >= 0.3 is 0 Å². The number of aryl methyl sites for hydroxylation is 1. The van der Waals surface area contributed by atoms with Crippen molar-refractivity contribution in [1.29, 1.82) is 0 Å². The molecule has 3 aromatic rings. The van der Waals surface area contributed by atoms with Crippen molar-refractivity contribution in [1.82, 2.24) is 19.7 Å². The summed E-state index contributed by atoms with van der Waals surface area (Å²) in [6, 6.07) is 5.42. The van der Waals surface area contributed by atoms with E-state index in [-0.39, 0.29) is 0 Å². The molecule has 2 N–H and O–H groups in total. The van der Waals surface area contributed by atoms with Crippen molar-refractivity contribution < 1.29 is 4.74 Å². The predicted octanol–water partition coefficient (Wildman–Crippen LogP) is 1.74. The second kappa shape index (κ2) is 3.99. The SMILES string of the molecule is Cn1cc(Oc2ncnc3cc(N)ccc23)cn1. The average molecular weight is 241 g/mol. The van der Waals surface area contributed by atoms with Gasteiger partial charge in [0.2, 0.25) is 5.88 Å². The standard InChI is InChI=1S/C12H11N5O/c1-17-6-9(5-16-17)18-12-10-3-2-8(13)4-11(10)14-7-15-12/h2-7H,13H2,1H3. The van der Waals surface area contributed by atoms with Crippen LogP contribution in [0.15, 0.2) is 36.9 Å². The summed E-state index contributed by atoms with van der Waals surface area (Å²) in [6.07, 6.45) is 4.85. The van der Waals surface area contributed by atoms with Gasteiger partial charge in [-0.1, -0.05) is 0 Å². The van der Waals surface area contributed by atoms with Crippen LogP contribution in [0.4, 0.5) is 5.69 Å². The van der Waals surface area contributed by atoms with Crippen LogP contribution >= 0.6 is 0 Å². The fourth-order valence-electron chi connectivity index (χ4n) is 1.69. The number of ether oxygens (including phenoxy) is 1. The van der Waals surface area contributed by atoms with Crippen molar-refractivity contribution in [2.24, 2.45) is 7.05 Å². The Morgan fingerprint density at radius 1 is 1.28 bits per heavy atom. The van der Waals surface area contributed by atoms with Crippen LogP contribution in [-0.4, -0.2) is 19.7 Å². The number of aromatic nitrogens is 4. The van der Waals surface area contributed by atoms with Crippen LogP contribution in [0.5, 0.6) is 11.6 Å². The Bertz CT molecular complexity index is 707. The minimum absolute atomic E-state index is 0.494. The maximum Gasteiger partial charge on any atom is 0.230 e. The molecule has 0 unspecified atom stereocenters. The van der Waals surface area contributed by atoms with Crippen molar-refractivity contribution in [2.45, 2.75) is 0 Å². The van der Waals surface area contributed by atoms with Gasteiger partial charge < -0.3 is 10.5 Å². The molecule has 0 atom stereocenters. The lowest BCUT2D eigenvalue weighted by atomic mass is 10.2. The Labute approximate surface area is 103 Å². The number of benzene rings is 1. The van der Waals surface area contributed by atoms with Gasteiger partial charge in [-0.3, -0.25) is 4.68 Å². The van der Waals surface area contributed by atoms with Crippen LogP contribution in [0.2, 0.25) is 0 Å². The van der Waals surface area contributed by atoms with E-state index >= 15 is 0 Å². The maximum absolute atomic E-state index is 5.72. The molecule has 0 saturated carbocycles. The number of nitrogens with two attached hydrogens (primary N) is 1. The molecule has 18 heavy (non-hydrogen) atoms. The van der Waals surface area contributed by atoms with Gasteiger partial charge in [-0.25, -0.2) is 9.97 Å². The summed E-state index contributed by atoms with van der Waals surface area (Å²) < 4.78 is 7.34. The van der Waals surface area contributed by atoms with Crippen molar-refractivity contribution in [2.75, 3.05) is 5.73 Å². The number of fused-ring (bicyclic) bond motifs is 1. The van der Waals surface area contributed by atoms with Gasteiger partial charge in [-0.15, -0.1) is 0 Å². The molecule has 0 fully saturated rings. The number of nitrogens with zero attached hydrogens (tertiary/aromatic N) is 4. The summed E-state index contributed by atoms with van der Waals surface area (Å²) in [5.41, 5.74) is 7.13. The summed E-state index contributed by atoms with van der Waals surface area (Å²) in [6.45, 7) is 0. The Morgan fingerprint density at radius 2 is 2.17 bits per heavy atom. The molecule has 0 amide bonds. The second-order valence-electron chi connectivity index (χ2n) is 3.91. The lowest BCUT2D eigenvalue weighted by Crippen LogP contribution is -1.92. The smallest absolute Gasteiger partial charge is 0.230 e. The summed E-state index contributed by atoms with van der Waals surface area (Å²) in [5.74, 6) is 1.13. The molecule has 90 valence electrons. The third-order valence-corrected chi connectivity index (χ3v) is 2.52. The average Bonchev–Trinajstić information content (AvgIpc) is 2.75. The highest BCUT2D eigenvalue weighted by atomic mass is 16.5. The molecule has 3 rings (SSSR count). The first kappa shape index (κ1) is 10.5. The van der Waals surface area contributed by atoms with E-state index in [0.29, 0.717) is 17.3 Å². The van der Waals surface area contributed by atoms with Crippen LogP contribution < -0.4 is 10.5 Å². The molecule has 6 heteroatoms. The number of anilines is 1. The molecule has 0 aliphatic rings. The fraction of sp³-hybridized carbons (Fsp3) is 0.0833. The van der Waals surface area contributed by atoms with Gasteiger partial charge in [0.1, 0.15) is 6.33 Å². The molecule has 2 aromatic heterocycles. The van der Waals surface area contributed by atoms with E-state index in [2.05, 4.69) is 15.1 Å². The van der Waals surface area contributed by atoms with E-state index in [0.717, 1.165) is 10.9 Å². The topological polar surface area (TPSA) is 78.8 Å². The quantitative estimate of drug-likeness (QED) is 0.691. The van der Waals surface area contributed by atoms with Gasteiger partial charge in [0.05, 0.1) is 23.3 Å². The zero-order valence-electron chi connectivity index (χ0n) is 9.74. The molecule has 0 spiro atoms. The monoisotopic (exact) mass is 241 g/mol. The largest absolute Gasteiger partial charge is 0.435 e. The lowest BCUT2D eigenvalue weighted by Gasteiger charge is -2.05. The highest BCUT2D eigenvalue weighted by Gasteiger charge is 2.07. The molecule has 0 bridgehead atoms. The fourth-order valence-corrected chi connectivity index (χ4v) is 1.69. The van der Waals surface area contributed by atoms with Gasteiger partial charge in [0.15, 0.2) is 5.75 Å². The summed E-state index contributed by atoms with van der Waals surface area (Å²) in [5, 5.41) is 4.85. The predicted molar refractivity (Wildman–Crippen MR) is 67.2 cm³/mol. The minimum atomic E-state index is 0.494. The van der Waals surface area contributed by atoms with Crippen molar-refractivity contribution in [3.63, 3.8) is 0 Å². The Balaban J connectivity index is 2.06. The maximum atomic E-state index is 5.72. The molecular weight excluding hydrogens is 230 g/mol. The molecular formula is C12H11N5O. The van der Waals surface area contributed by atoms with E-state index < -0.39 is 0 Å². The molecule has 6 nitrogen and oxygen atoms in total. The molecule has 1 aromatic carbocycles. The first-order chi connectivity index (χ1) is 8.72. The van der Waals surface area contributed by atoms with Gasteiger partial charge in [0, 0.05) is 12.7 Å². The number of hydrogen-bond acceptors (Lipinski definition) is 5. The lowest BCUT2D eigenvalue weighted by molar-refractivity contribution is 0.467. The number of rotatable bonds is 2. The Hall–Kier alpha value is -2.63. The molecule has 2 heterocycles. The van der Waals surface area contributed by atoms with Crippen molar-refractivity contribution in [3.8, 4) is 11.6 Å². The highest BCUT2D eigenvalue weighted by Crippen LogP contribution is 2.27. The zero-order chi connectivity index (χ0) is 12.5. The van der Waals surface area contributed by atoms with Crippen molar-refractivity contribution >= 4 is 16.6 Å². The van der Waals surface area contributed by atoms with Crippen LogP contribution in [-0.2, 0) is 7.05 Å². The summed E-state index contributed by atoms with van der Waals surface area (Å²) in [4.78, 5) is 8.29. The second-order valence-corrected chi connectivity index (χ2v) is 3.91. The Morgan fingerprint density at radius 3 is 2.94 bits per heavy atom. The third-order valence-electron chi connectivity index (χ3n) is 2.52. The van der Waals surface area contributed by atoms with E-state index in [1.165, 1.54) is 6.33 Å².